The van der Waals surface area contributed by atoms with E-state index in [9.17, 15) is 16.8 Å². The van der Waals surface area contributed by atoms with E-state index in [-0.39, 0.29) is 19.6 Å². The fourth-order valence-corrected chi connectivity index (χ4v) is 9.30. The van der Waals surface area contributed by atoms with E-state index in [4.69, 9.17) is 18.9 Å². The third-order valence-electron chi connectivity index (χ3n) is 8.73. The summed E-state index contributed by atoms with van der Waals surface area (Å²) in [6.45, 7) is 5.78. The molecule has 288 valence electrons. The monoisotopic (exact) mass is 924 g/mol. The van der Waals surface area contributed by atoms with E-state index in [0.29, 0.717) is 46.0 Å². The highest BCUT2D eigenvalue weighted by atomic mass is 79.9. The lowest BCUT2D eigenvalue weighted by Crippen LogP contribution is -2.02. The van der Waals surface area contributed by atoms with Crippen LogP contribution < -0.4 is 18.9 Å². The number of hydrogen-bond donors (Lipinski definition) is 0. The summed E-state index contributed by atoms with van der Waals surface area (Å²) in [5, 5.41) is 0. The van der Waals surface area contributed by atoms with Crippen molar-refractivity contribution in [2.24, 2.45) is 0 Å². The van der Waals surface area contributed by atoms with Crippen LogP contribution in [0.25, 0.3) is 0 Å². The van der Waals surface area contributed by atoms with Crippen molar-refractivity contribution in [1.29, 1.82) is 0 Å². The molecule has 0 bridgehead atoms. The minimum Gasteiger partial charge on any atom is -0.457 e. The topological polar surface area (TPSA) is 105 Å². The zero-order chi connectivity index (χ0) is 40.3. The van der Waals surface area contributed by atoms with Gasteiger partial charge in [0.25, 0.3) is 0 Å². The molecule has 0 saturated heterocycles. The van der Waals surface area contributed by atoms with Crippen LogP contribution in [0.4, 0.5) is 0 Å². The summed E-state index contributed by atoms with van der Waals surface area (Å²) >= 11 is 6.95. The van der Waals surface area contributed by atoms with Crippen molar-refractivity contribution in [3.63, 3.8) is 0 Å². The van der Waals surface area contributed by atoms with Crippen LogP contribution in [0.15, 0.2) is 180 Å². The second-order valence-electron chi connectivity index (χ2n) is 13.1. The molecule has 7 aromatic carbocycles. The lowest BCUT2D eigenvalue weighted by Gasteiger charge is -2.12. The highest BCUT2D eigenvalue weighted by Gasteiger charge is 2.20. The van der Waals surface area contributed by atoms with Gasteiger partial charge in [0.2, 0.25) is 19.7 Å². The van der Waals surface area contributed by atoms with E-state index in [2.05, 4.69) is 31.9 Å². The standard InChI is InChI=1S/C45H34Br2O8S2/c1-29-23-32(46)27-37(24-29)52-33-7-15-40(16-8-33)56(48,49)41-17-9-34(10-18-41)53-38-25-30(2)26-39(28-38)54-35-11-19-42(20-12-35)57(50,51)43-21-13-36(14-22-43)55-45-6-4-5-44(47)31(45)3/h4-28H,1-3H3. The third kappa shape index (κ3) is 9.43. The first-order valence-corrected chi connectivity index (χ1v) is 22.0. The van der Waals surface area contributed by atoms with Crippen LogP contribution in [-0.2, 0) is 19.7 Å². The van der Waals surface area contributed by atoms with Crippen LogP contribution in [0.5, 0.6) is 46.0 Å². The van der Waals surface area contributed by atoms with Gasteiger partial charge in [-0.3, -0.25) is 0 Å². The Hall–Kier alpha value is -5.40. The number of sulfone groups is 2. The number of halogens is 2. The van der Waals surface area contributed by atoms with Crippen molar-refractivity contribution in [2.75, 3.05) is 0 Å². The average Bonchev–Trinajstić information content (AvgIpc) is 3.17. The first kappa shape index (κ1) is 39.8. The Morgan fingerprint density at radius 2 is 0.737 bits per heavy atom. The van der Waals surface area contributed by atoms with Crippen molar-refractivity contribution in [3.8, 4) is 46.0 Å². The van der Waals surface area contributed by atoms with Crippen LogP contribution in [-0.4, -0.2) is 16.8 Å². The molecule has 57 heavy (non-hydrogen) atoms. The van der Waals surface area contributed by atoms with Crippen LogP contribution in [0.2, 0.25) is 0 Å². The lowest BCUT2D eigenvalue weighted by molar-refractivity contribution is 0.459. The molecule has 0 atom stereocenters. The van der Waals surface area contributed by atoms with Gasteiger partial charge in [0, 0.05) is 20.6 Å². The molecule has 7 rings (SSSR count). The second kappa shape index (κ2) is 16.6. The largest absolute Gasteiger partial charge is 0.457 e. The molecule has 0 unspecified atom stereocenters. The zero-order valence-corrected chi connectivity index (χ0v) is 35.6. The van der Waals surface area contributed by atoms with Crippen molar-refractivity contribution in [2.45, 2.75) is 40.4 Å². The van der Waals surface area contributed by atoms with E-state index in [1.807, 2.05) is 69.3 Å². The quantitative estimate of drug-likeness (QED) is 0.119. The Kier molecular flexibility index (Phi) is 11.6. The van der Waals surface area contributed by atoms with E-state index in [1.165, 1.54) is 48.5 Å². The summed E-state index contributed by atoms with van der Waals surface area (Å²) in [6, 6.07) is 41.6. The van der Waals surface area contributed by atoms with Crippen LogP contribution >= 0.6 is 31.9 Å². The second-order valence-corrected chi connectivity index (χ2v) is 18.8. The number of aryl methyl sites for hydroxylation is 2. The third-order valence-corrected chi connectivity index (χ3v) is 13.6. The summed E-state index contributed by atoms with van der Waals surface area (Å²) in [5.41, 5.74) is 2.81. The summed E-state index contributed by atoms with van der Waals surface area (Å²) in [5.74, 6) is 4.13. The van der Waals surface area contributed by atoms with Gasteiger partial charge in [0.1, 0.15) is 46.0 Å². The van der Waals surface area contributed by atoms with Gasteiger partial charge in [-0.25, -0.2) is 16.8 Å². The molecule has 0 radical (unpaired) electrons. The number of rotatable bonds is 12. The normalized spacial score (nSPS) is 11.5. The molecule has 12 heteroatoms. The molecular formula is C45H34Br2O8S2. The molecule has 0 amide bonds. The highest BCUT2D eigenvalue weighted by molar-refractivity contribution is 9.10. The van der Waals surface area contributed by atoms with Crippen LogP contribution in [0.1, 0.15) is 16.7 Å². The average molecular weight is 927 g/mol. The Morgan fingerprint density at radius 3 is 1.12 bits per heavy atom. The molecule has 0 aliphatic carbocycles. The summed E-state index contributed by atoms with van der Waals surface area (Å²) in [4.78, 5) is 0.491. The van der Waals surface area contributed by atoms with Crippen LogP contribution in [0.3, 0.4) is 0 Å². The molecule has 0 aliphatic rings. The maximum Gasteiger partial charge on any atom is 0.206 e. The Balaban J connectivity index is 0.985. The van der Waals surface area contributed by atoms with Crippen LogP contribution in [0, 0.1) is 20.8 Å². The molecule has 0 spiro atoms. The summed E-state index contributed by atoms with van der Waals surface area (Å²) in [6.07, 6.45) is 0. The van der Waals surface area contributed by atoms with Gasteiger partial charge >= 0.3 is 0 Å². The Bertz CT molecular complexity index is 2770. The number of benzene rings is 7. The number of ether oxygens (including phenoxy) is 4. The van der Waals surface area contributed by atoms with Crippen molar-refractivity contribution >= 4 is 51.5 Å². The van der Waals surface area contributed by atoms with Gasteiger partial charge < -0.3 is 18.9 Å². The zero-order valence-electron chi connectivity index (χ0n) is 30.8. The first-order chi connectivity index (χ1) is 27.2. The minimum atomic E-state index is -3.81. The van der Waals surface area contributed by atoms with Crippen molar-refractivity contribution in [3.05, 3.63) is 177 Å². The van der Waals surface area contributed by atoms with Gasteiger partial charge in [-0.1, -0.05) is 37.9 Å². The van der Waals surface area contributed by atoms with E-state index in [1.54, 1.807) is 54.6 Å². The SMILES string of the molecule is Cc1cc(Br)cc(Oc2ccc(S(=O)(=O)c3ccc(Oc4cc(C)cc(Oc5ccc(S(=O)(=O)c6ccc(Oc7cccc(Br)c7C)cc6)cc5)c4)cc3)cc2)c1. The molecule has 8 nitrogen and oxygen atoms in total. The summed E-state index contributed by atoms with van der Waals surface area (Å²) < 4.78 is 79.5. The first-order valence-electron chi connectivity index (χ1n) is 17.5. The Labute approximate surface area is 348 Å². The van der Waals surface area contributed by atoms with Gasteiger partial charge in [0.15, 0.2) is 0 Å². The fourth-order valence-electron chi connectivity index (χ4n) is 5.85. The Morgan fingerprint density at radius 1 is 0.386 bits per heavy atom. The van der Waals surface area contributed by atoms with Gasteiger partial charge in [0.05, 0.1) is 19.6 Å². The van der Waals surface area contributed by atoms with Crippen molar-refractivity contribution in [1.82, 2.24) is 0 Å². The highest BCUT2D eigenvalue weighted by Crippen LogP contribution is 2.35. The predicted molar refractivity (Wildman–Crippen MR) is 226 cm³/mol. The van der Waals surface area contributed by atoms with Crippen molar-refractivity contribution < 1.29 is 35.8 Å². The van der Waals surface area contributed by atoms with E-state index < -0.39 is 19.7 Å². The molecule has 0 saturated carbocycles. The molecular weight excluding hydrogens is 892 g/mol. The lowest BCUT2D eigenvalue weighted by atomic mass is 10.2. The smallest absolute Gasteiger partial charge is 0.206 e. The predicted octanol–water partition coefficient (Wildman–Crippen LogP) is 13.0. The van der Waals surface area contributed by atoms with Gasteiger partial charge in [-0.2, -0.15) is 0 Å². The van der Waals surface area contributed by atoms with Gasteiger partial charge in [-0.05, 0) is 171 Å². The fraction of sp³-hybridized carbons (Fsp3) is 0.0667. The molecule has 0 N–H and O–H groups in total. The molecule has 0 fully saturated rings. The van der Waals surface area contributed by atoms with E-state index in [0.717, 1.165) is 25.6 Å². The number of hydrogen-bond acceptors (Lipinski definition) is 8. The van der Waals surface area contributed by atoms with E-state index >= 15 is 0 Å². The minimum absolute atomic E-state index is 0.113. The molecule has 0 aromatic heterocycles. The molecule has 0 aliphatic heterocycles. The summed E-state index contributed by atoms with van der Waals surface area (Å²) in [7, 11) is -7.61. The maximum absolute atomic E-state index is 13.4. The molecule has 0 heterocycles. The van der Waals surface area contributed by atoms with Gasteiger partial charge in [-0.15, -0.1) is 0 Å². The maximum atomic E-state index is 13.4. The molecule has 7 aromatic rings.